The van der Waals surface area contributed by atoms with Gasteiger partial charge >= 0.3 is 5.97 Å². The largest absolute Gasteiger partial charge is 0.478 e. The summed E-state index contributed by atoms with van der Waals surface area (Å²) in [6, 6.07) is 3.75. The van der Waals surface area contributed by atoms with Crippen LogP contribution in [0.3, 0.4) is 0 Å². The standard InChI is InChI=1S/C11H13IN2O5S/c1-14(2)10(15)6-13-20(18,19)7-3-4-9(12)8(5-7)11(16)17/h3-5,13H,6H2,1-2H3,(H,16,17). The van der Waals surface area contributed by atoms with Gasteiger partial charge in [0.1, 0.15) is 0 Å². The first-order valence-corrected chi connectivity index (χ1v) is 7.94. The number of halogens is 1. The number of carbonyl (C=O) groups is 2. The Morgan fingerprint density at radius 2 is 1.95 bits per heavy atom. The van der Waals surface area contributed by atoms with Gasteiger partial charge in [0.25, 0.3) is 0 Å². The number of nitrogens with zero attached hydrogens (tertiary/aromatic N) is 1. The van der Waals surface area contributed by atoms with Crippen LogP contribution in [-0.4, -0.2) is 50.9 Å². The minimum atomic E-state index is -3.93. The van der Waals surface area contributed by atoms with Gasteiger partial charge in [-0.2, -0.15) is 0 Å². The SMILES string of the molecule is CN(C)C(=O)CNS(=O)(=O)c1ccc(I)c(C(=O)O)c1. The molecule has 0 spiro atoms. The van der Waals surface area contributed by atoms with Gasteiger partial charge in [-0.05, 0) is 40.8 Å². The second kappa shape index (κ2) is 6.50. The van der Waals surface area contributed by atoms with E-state index in [9.17, 15) is 18.0 Å². The van der Waals surface area contributed by atoms with Crippen molar-refractivity contribution in [3.63, 3.8) is 0 Å². The Labute approximate surface area is 130 Å². The molecule has 0 aromatic heterocycles. The fourth-order valence-corrected chi connectivity index (χ4v) is 2.80. The molecule has 7 nitrogen and oxygen atoms in total. The molecule has 0 bridgehead atoms. The molecule has 0 fully saturated rings. The third-order valence-electron chi connectivity index (χ3n) is 2.39. The molecular weight excluding hydrogens is 399 g/mol. The van der Waals surface area contributed by atoms with E-state index >= 15 is 0 Å². The van der Waals surface area contributed by atoms with Crippen LogP contribution in [0.4, 0.5) is 0 Å². The first-order valence-electron chi connectivity index (χ1n) is 5.38. The molecule has 0 aliphatic heterocycles. The summed E-state index contributed by atoms with van der Waals surface area (Å²) in [4.78, 5) is 23.4. The maximum Gasteiger partial charge on any atom is 0.336 e. The monoisotopic (exact) mass is 412 g/mol. The highest BCUT2D eigenvalue weighted by atomic mass is 127. The molecule has 0 heterocycles. The molecule has 9 heteroatoms. The van der Waals surface area contributed by atoms with Crippen molar-refractivity contribution in [2.75, 3.05) is 20.6 Å². The highest BCUT2D eigenvalue weighted by Gasteiger charge is 2.19. The van der Waals surface area contributed by atoms with Crippen LogP contribution >= 0.6 is 22.6 Å². The fraction of sp³-hybridized carbons (Fsp3) is 0.273. The molecule has 1 aromatic rings. The zero-order valence-electron chi connectivity index (χ0n) is 10.8. The lowest BCUT2D eigenvalue weighted by Gasteiger charge is -2.12. The van der Waals surface area contributed by atoms with Crippen LogP contribution in [0.2, 0.25) is 0 Å². The van der Waals surface area contributed by atoms with E-state index in [-0.39, 0.29) is 17.0 Å². The molecule has 20 heavy (non-hydrogen) atoms. The summed E-state index contributed by atoms with van der Waals surface area (Å²) in [5, 5.41) is 8.97. The van der Waals surface area contributed by atoms with Gasteiger partial charge in [-0.3, -0.25) is 4.79 Å². The number of sulfonamides is 1. The maximum absolute atomic E-state index is 12.0. The number of amides is 1. The van der Waals surface area contributed by atoms with Crippen molar-refractivity contribution in [1.29, 1.82) is 0 Å². The maximum atomic E-state index is 12.0. The summed E-state index contributed by atoms with van der Waals surface area (Å²) >= 11 is 1.80. The summed E-state index contributed by atoms with van der Waals surface area (Å²) in [7, 11) is -0.918. The van der Waals surface area contributed by atoms with Gasteiger partial charge in [0, 0.05) is 17.7 Å². The average Bonchev–Trinajstić information content (AvgIpc) is 2.35. The number of carboxylic acids is 1. The normalized spacial score (nSPS) is 11.2. The van der Waals surface area contributed by atoms with Crippen LogP contribution in [0, 0.1) is 3.57 Å². The van der Waals surface area contributed by atoms with E-state index in [4.69, 9.17) is 5.11 Å². The van der Waals surface area contributed by atoms with Gasteiger partial charge in [0.15, 0.2) is 0 Å². The van der Waals surface area contributed by atoms with Gasteiger partial charge in [-0.1, -0.05) is 0 Å². The van der Waals surface area contributed by atoms with E-state index in [0.29, 0.717) is 3.57 Å². The molecule has 0 radical (unpaired) electrons. The topological polar surface area (TPSA) is 104 Å². The van der Waals surface area contributed by atoms with Crippen molar-refractivity contribution in [1.82, 2.24) is 9.62 Å². The van der Waals surface area contributed by atoms with Crippen LogP contribution in [0.25, 0.3) is 0 Å². The van der Waals surface area contributed by atoms with Crippen molar-refractivity contribution in [3.05, 3.63) is 27.3 Å². The predicted molar refractivity (Wildman–Crippen MR) is 80.0 cm³/mol. The van der Waals surface area contributed by atoms with Crippen molar-refractivity contribution in [3.8, 4) is 0 Å². The summed E-state index contributed by atoms with van der Waals surface area (Å²) in [5.74, 6) is -1.62. The van der Waals surface area contributed by atoms with Crippen molar-refractivity contribution < 1.29 is 23.1 Å². The Balaban J connectivity index is 3.02. The highest BCUT2D eigenvalue weighted by molar-refractivity contribution is 14.1. The molecule has 1 amide bonds. The summed E-state index contributed by atoms with van der Waals surface area (Å²) in [6.45, 7) is -0.385. The van der Waals surface area contributed by atoms with Crippen LogP contribution in [0.5, 0.6) is 0 Å². The predicted octanol–water partition coefficient (Wildman–Crippen LogP) is 0.356. The van der Waals surface area contributed by atoms with E-state index in [1.54, 1.807) is 22.6 Å². The van der Waals surface area contributed by atoms with Crippen LogP contribution < -0.4 is 4.72 Å². The molecule has 0 atom stereocenters. The molecule has 0 aliphatic rings. The molecule has 110 valence electrons. The number of hydrogen-bond donors (Lipinski definition) is 2. The minimum absolute atomic E-state index is 0.104. The Morgan fingerprint density at radius 1 is 1.35 bits per heavy atom. The zero-order valence-corrected chi connectivity index (χ0v) is 13.7. The fourth-order valence-electron chi connectivity index (χ4n) is 1.23. The number of rotatable bonds is 5. The average molecular weight is 412 g/mol. The molecule has 1 aromatic carbocycles. The lowest BCUT2D eigenvalue weighted by molar-refractivity contribution is -0.127. The van der Waals surface area contributed by atoms with Gasteiger partial charge in [0.05, 0.1) is 17.0 Å². The number of likely N-dealkylation sites (N-methyl/N-ethyl adjacent to an activating group) is 1. The number of benzene rings is 1. The molecule has 0 aliphatic carbocycles. The Morgan fingerprint density at radius 3 is 2.45 bits per heavy atom. The minimum Gasteiger partial charge on any atom is -0.478 e. The zero-order chi connectivity index (χ0) is 15.5. The van der Waals surface area contributed by atoms with E-state index in [1.165, 1.54) is 31.1 Å². The van der Waals surface area contributed by atoms with Crippen molar-refractivity contribution >= 4 is 44.5 Å². The van der Waals surface area contributed by atoms with Crippen LogP contribution in [0.15, 0.2) is 23.1 Å². The molecule has 0 saturated heterocycles. The molecule has 1 rings (SSSR count). The van der Waals surface area contributed by atoms with Gasteiger partial charge in [-0.25, -0.2) is 17.9 Å². The number of aromatic carboxylic acids is 1. The van der Waals surface area contributed by atoms with Crippen molar-refractivity contribution in [2.24, 2.45) is 0 Å². The first-order chi connectivity index (χ1) is 9.15. The Kier molecular flexibility index (Phi) is 5.48. The van der Waals surface area contributed by atoms with E-state index in [2.05, 4.69) is 4.72 Å². The molecule has 0 unspecified atom stereocenters. The molecule has 2 N–H and O–H groups in total. The Hall–Kier alpha value is -1.20. The lowest BCUT2D eigenvalue weighted by Crippen LogP contribution is -2.36. The number of hydrogen-bond acceptors (Lipinski definition) is 4. The van der Waals surface area contributed by atoms with E-state index in [0.717, 1.165) is 6.07 Å². The summed E-state index contributed by atoms with van der Waals surface area (Å²) < 4.78 is 26.5. The van der Waals surface area contributed by atoms with Gasteiger partial charge in [0.2, 0.25) is 15.9 Å². The summed E-state index contributed by atoms with van der Waals surface area (Å²) in [5.41, 5.74) is -0.104. The third kappa shape index (κ3) is 4.15. The van der Waals surface area contributed by atoms with Gasteiger partial charge < -0.3 is 10.0 Å². The molecule has 0 saturated carbocycles. The van der Waals surface area contributed by atoms with Crippen LogP contribution in [0.1, 0.15) is 10.4 Å². The number of carbonyl (C=O) groups excluding carboxylic acids is 1. The number of carboxylic acid groups (broad SMARTS) is 1. The van der Waals surface area contributed by atoms with Crippen LogP contribution in [-0.2, 0) is 14.8 Å². The van der Waals surface area contributed by atoms with E-state index in [1.807, 2.05) is 0 Å². The third-order valence-corrected chi connectivity index (χ3v) is 4.73. The number of nitrogens with one attached hydrogen (secondary N) is 1. The second-order valence-corrected chi connectivity index (χ2v) is 6.99. The Bertz CT molecular complexity index is 642. The van der Waals surface area contributed by atoms with Gasteiger partial charge in [-0.15, -0.1) is 0 Å². The smallest absolute Gasteiger partial charge is 0.336 e. The van der Waals surface area contributed by atoms with E-state index < -0.39 is 21.9 Å². The highest BCUT2D eigenvalue weighted by Crippen LogP contribution is 2.17. The lowest BCUT2D eigenvalue weighted by atomic mass is 10.2. The van der Waals surface area contributed by atoms with Crippen molar-refractivity contribution in [2.45, 2.75) is 4.90 Å². The second-order valence-electron chi connectivity index (χ2n) is 4.06. The molecular formula is C11H13IN2O5S. The summed E-state index contributed by atoms with van der Waals surface area (Å²) in [6.07, 6.45) is 0. The quantitative estimate of drug-likeness (QED) is 0.680. The first kappa shape index (κ1) is 16.9.